The molecule has 5 nitrogen and oxygen atoms in total. The van der Waals surface area contributed by atoms with E-state index in [2.05, 4.69) is 5.32 Å². The van der Waals surface area contributed by atoms with Gasteiger partial charge in [0.25, 0.3) is 11.5 Å². The Morgan fingerprint density at radius 1 is 1.19 bits per heavy atom. The van der Waals surface area contributed by atoms with Crippen molar-refractivity contribution in [2.45, 2.75) is 6.54 Å². The maximum absolute atomic E-state index is 13.8. The van der Waals surface area contributed by atoms with E-state index in [1.54, 1.807) is 12.1 Å². The number of benzene rings is 2. The van der Waals surface area contributed by atoms with Gasteiger partial charge in [0.2, 0.25) is 0 Å². The van der Waals surface area contributed by atoms with Crippen molar-refractivity contribution >= 4 is 23.2 Å². The van der Waals surface area contributed by atoms with Gasteiger partial charge in [-0.15, -0.1) is 0 Å². The molecule has 0 saturated heterocycles. The predicted molar refractivity (Wildman–Crippen MR) is 102 cm³/mol. The van der Waals surface area contributed by atoms with E-state index in [0.717, 1.165) is 11.6 Å². The Balaban J connectivity index is 1.81. The number of pyridine rings is 1. The Morgan fingerprint density at radius 3 is 2.67 bits per heavy atom. The van der Waals surface area contributed by atoms with Crippen molar-refractivity contribution in [1.82, 2.24) is 4.57 Å². The van der Waals surface area contributed by atoms with E-state index in [0.29, 0.717) is 10.7 Å². The van der Waals surface area contributed by atoms with Crippen LogP contribution in [0.2, 0.25) is 5.02 Å². The Kier molecular flexibility index (Phi) is 5.57. The van der Waals surface area contributed by atoms with E-state index >= 15 is 0 Å². The van der Waals surface area contributed by atoms with Crippen LogP contribution in [0.15, 0.2) is 65.6 Å². The number of hydrogen-bond acceptors (Lipinski definition) is 3. The number of aromatic nitrogens is 1. The number of rotatable bonds is 5. The van der Waals surface area contributed by atoms with Crippen LogP contribution in [0.4, 0.5) is 10.1 Å². The number of hydrogen-bond donors (Lipinski definition) is 1. The molecule has 1 heterocycles. The van der Waals surface area contributed by atoms with Gasteiger partial charge in [-0.25, -0.2) is 4.39 Å². The first kappa shape index (κ1) is 18.7. The summed E-state index contributed by atoms with van der Waals surface area (Å²) in [6.45, 7) is 0.263. The van der Waals surface area contributed by atoms with Gasteiger partial charge < -0.3 is 14.6 Å². The van der Waals surface area contributed by atoms with Crippen molar-refractivity contribution in [2.75, 3.05) is 12.4 Å². The first-order valence-corrected chi connectivity index (χ1v) is 8.44. The van der Waals surface area contributed by atoms with Crippen LogP contribution < -0.4 is 15.6 Å². The third-order valence-corrected chi connectivity index (χ3v) is 4.32. The van der Waals surface area contributed by atoms with Gasteiger partial charge in [-0.2, -0.15) is 0 Å². The van der Waals surface area contributed by atoms with Crippen molar-refractivity contribution in [3.05, 3.63) is 93.1 Å². The number of carbonyl (C=O) groups excluding carboxylic acids is 1. The minimum atomic E-state index is -0.631. The quantitative estimate of drug-likeness (QED) is 0.722. The van der Waals surface area contributed by atoms with Crippen LogP contribution >= 0.6 is 11.6 Å². The second-order valence-electron chi connectivity index (χ2n) is 5.78. The summed E-state index contributed by atoms with van der Waals surface area (Å²) in [6.07, 6.45) is 1.52. The molecule has 0 radical (unpaired) electrons. The molecule has 0 unspecified atom stereocenters. The van der Waals surface area contributed by atoms with Gasteiger partial charge in [0.1, 0.15) is 0 Å². The number of nitrogens with one attached hydrogen (secondary N) is 1. The van der Waals surface area contributed by atoms with Crippen LogP contribution in [0.25, 0.3) is 0 Å². The summed E-state index contributed by atoms with van der Waals surface area (Å²) in [5.74, 6) is -1.08. The minimum absolute atomic E-state index is 0.0554. The van der Waals surface area contributed by atoms with Crippen LogP contribution in [0.5, 0.6) is 5.75 Å². The van der Waals surface area contributed by atoms with Crippen molar-refractivity contribution in [3.63, 3.8) is 0 Å². The topological polar surface area (TPSA) is 60.3 Å². The highest BCUT2D eigenvalue weighted by molar-refractivity contribution is 6.31. The van der Waals surface area contributed by atoms with Crippen LogP contribution in [-0.2, 0) is 6.54 Å². The molecule has 2 aromatic carbocycles. The van der Waals surface area contributed by atoms with Gasteiger partial charge in [-0.05, 0) is 35.9 Å². The summed E-state index contributed by atoms with van der Waals surface area (Å²) in [6, 6.07) is 14.0. The fourth-order valence-electron chi connectivity index (χ4n) is 2.55. The highest BCUT2D eigenvalue weighted by Crippen LogP contribution is 2.19. The normalized spacial score (nSPS) is 10.5. The molecule has 0 atom stereocenters. The molecular formula is C20H16ClFN2O3. The van der Waals surface area contributed by atoms with Crippen LogP contribution in [-0.4, -0.2) is 17.6 Å². The fourth-order valence-corrected chi connectivity index (χ4v) is 2.75. The average Bonchev–Trinajstić information content (AvgIpc) is 2.66. The summed E-state index contributed by atoms with van der Waals surface area (Å²) in [5, 5.41) is 3.20. The van der Waals surface area contributed by atoms with E-state index in [1.165, 1.54) is 42.1 Å². The number of nitrogens with zero attached hydrogens (tertiary/aromatic N) is 1. The molecule has 0 fully saturated rings. The molecule has 1 amide bonds. The lowest BCUT2D eigenvalue weighted by Crippen LogP contribution is -2.21. The van der Waals surface area contributed by atoms with E-state index in [9.17, 15) is 14.0 Å². The van der Waals surface area contributed by atoms with Crippen molar-refractivity contribution in [2.24, 2.45) is 0 Å². The van der Waals surface area contributed by atoms with Gasteiger partial charge >= 0.3 is 0 Å². The van der Waals surface area contributed by atoms with Crippen LogP contribution in [0.1, 0.15) is 15.9 Å². The Hall–Kier alpha value is -3.12. The molecule has 3 aromatic rings. The predicted octanol–water partition coefficient (Wildman–Crippen LogP) is 3.95. The Labute approximate surface area is 160 Å². The molecule has 27 heavy (non-hydrogen) atoms. The molecular weight excluding hydrogens is 371 g/mol. The summed E-state index contributed by atoms with van der Waals surface area (Å²) in [7, 11) is 1.35. The second kappa shape index (κ2) is 8.05. The minimum Gasteiger partial charge on any atom is -0.494 e. The monoisotopic (exact) mass is 386 g/mol. The van der Waals surface area contributed by atoms with Crippen molar-refractivity contribution in [1.29, 1.82) is 0 Å². The largest absolute Gasteiger partial charge is 0.494 e. The second-order valence-corrected chi connectivity index (χ2v) is 6.19. The van der Waals surface area contributed by atoms with Crippen LogP contribution in [0, 0.1) is 5.82 Å². The zero-order chi connectivity index (χ0) is 19.4. The lowest BCUT2D eigenvalue weighted by Gasteiger charge is -2.11. The smallest absolute Gasteiger partial charge is 0.255 e. The number of methoxy groups -OCH3 is 1. The molecule has 7 heteroatoms. The number of halogens is 2. The van der Waals surface area contributed by atoms with E-state index in [4.69, 9.17) is 16.3 Å². The molecule has 0 saturated carbocycles. The van der Waals surface area contributed by atoms with Gasteiger partial charge in [-0.3, -0.25) is 9.59 Å². The molecule has 0 aliphatic heterocycles. The lowest BCUT2D eigenvalue weighted by molar-refractivity contribution is 0.102. The third kappa shape index (κ3) is 4.35. The number of amides is 1. The van der Waals surface area contributed by atoms with Gasteiger partial charge in [0.15, 0.2) is 11.6 Å². The first-order valence-electron chi connectivity index (χ1n) is 8.06. The summed E-state index contributed by atoms with van der Waals surface area (Å²) < 4.78 is 20.1. The summed E-state index contributed by atoms with van der Waals surface area (Å²) in [4.78, 5) is 24.4. The number of carbonyl (C=O) groups is 1. The maximum atomic E-state index is 13.8. The molecule has 3 rings (SSSR count). The Bertz CT molecular complexity index is 1050. The highest BCUT2D eigenvalue weighted by Gasteiger charge is 2.11. The molecule has 1 aromatic heterocycles. The lowest BCUT2D eigenvalue weighted by atomic mass is 10.2. The SMILES string of the molecule is COc1ccc(C(=O)Nc2ccc(=O)n(Cc3ccccc3Cl)c2)cc1F. The van der Waals surface area contributed by atoms with Crippen molar-refractivity contribution < 1.29 is 13.9 Å². The number of ether oxygens (including phenoxy) is 1. The third-order valence-electron chi connectivity index (χ3n) is 3.95. The van der Waals surface area contributed by atoms with E-state index in [1.807, 2.05) is 12.1 Å². The zero-order valence-electron chi connectivity index (χ0n) is 14.4. The fraction of sp³-hybridized carbons (Fsp3) is 0.100. The molecule has 0 aliphatic carbocycles. The van der Waals surface area contributed by atoms with Gasteiger partial charge in [-0.1, -0.05) is 29.8 Å². The summed E-state index contributed by atoms with van der Waals surface area (Å²) in [5.41, 5.74) is 1.09. The summed E-state index contributed by atoms with van der Waals surface area (Å²) >= 11 is 6.14. The molecule has 0 spiro atoms. The first-order chi connectivity index (χ1) is 13.0. The van der Waals surface area contributed by atoms with E-state index in [-0.39, 0.29) is 23.4 Å². The molecule has 0 aliphatic rings. The number of anilines is 1. The molecule has 1 N–H and O–H groups in total. The van der Waals surface area contributed by atoms with Gasteiger partial charge in [0, 0.05) is 22.8 Å². The van der Waals surface area contributed by atoms with Crippen molar-refractivity contribution in [3.8, 4) is 5.75 Å². The molecule has 0 bridgehead atoms. The maximum Gasteiger partial charge on any atom is 0.255 e. The molecule has 138 valence electrons. The van der Waals surface area contributed by atoms with E-state index < -0.39 is 11.7 Å². The zero-order valence-corrected chi connectivity index (χ0v) is 15.2. The van der Waals surface area contributed by atoms with Gasteiger partial charge in [0.05, 0.1) is 19.3 Å². The standard InChI is InChI=1S/C20H16ClFN2O3/c1-27-18-8-6-13(10-17(18)22)20(26)23-15-7-9-19(25)24(12-15)11-14-4-2-3-5-16(14)21/h2-10,12H,11H2,1H3,(H,23,26). The highest BCUT2D eigenvalue weighted by atomic mass is 35.5. The Morgan fingerprint density at radius 2 is 1.96 bits per heavy atom. The van der Waals surface area contributed by atoms with Crippen LogP contribution in [0.3, 0.4) is 0 Å². The average molecular weight is 387 g/mol.